The summed E-state index contributed by atoms with van der Waals surface area (Å²) in [6, 6.07) is 2.37. The highest BCUT2D eigenvalue weighted by molar-refractivity contribution is 5.99. The zero-order chi connectivity index (χ0) is 18.4. The molecule has 0 saturated carbocycles. The molecule has 0 fully saturated rings. The van der Waals surface area contributed by atoms with Crippen molar-refractivity contribution in [3.63, 3.8) is 0 Å². The van der Waals surface area contributed by atoms with Crippen molar-refractivity contribution in [2.75, 3.05) is 6.61 Å². The molecular formula is C16H10F3NO5. The lowest BCUT2D eigenvalue weighted by Crippen LogP contribution is -2.18. The SMILES string of the molecule is CCOC(=O)c1c[nH]c2cc3oc(=O)cc(C(F)(F)F)c3cc2c1=O. The Morgan fingerprint density at radius 2 is 1.92 bits per heavy atom. The summed E-state index contributed by atoms with van der Waals surface area (Å²) in [4.78, 5) is 38.2. The van der Waals surface area contributed by atoms with Crippen LogP contribution in [0.5, 0.6) is 0 Å². The number of ether oxygens (including phenoxy) is 1. The van der Waals surface area contributed by atoms with E-state index in [1.807, 2.05) is 0 Å². The maximum Gasteiger partial charge on any atom is 0.417 e. The number of hydrogen-bond acceptors (Lipinski definition) is 5. The first-order valence-corrected chi connectivity index (χ1v) is 7.10. The van der Waals surface area contributed by atoms with Gasteiger partial charge in [0.2, 0.25) is 5.43 Å². The number of aromatic amines is 1. The van der Waals surface area contributed by atoms with Crippen molar-refractivity contribution in [1.82, 2.24) is 4.98 Å². The van der Waals surface area contributed by atoms with Crippen molar-refractivity contribution in [2.45, 2.75) is 13.1 Å². The van der Waals surface area contributed by atoms with Gasteiger partial charge < -0.3 is 14.1 Å². The summed E-state index contributed by atoms with van der Waals surface area (Å²) in [5.41, 5.74) is -3.71. The molecule has 0 radical (unpaired) electrons. The molecule has 2 heterocycles. The van der Waals surface area contributed by atoms with E-state index in [9.17, 15) is 27.6 Å². The largest absolute Gasteiger partial charge is 0.462 e. The Balaban J connectivity index is 2.39. The number of hydrogen-bond donors (Lipinski definition) is 1. The Morgan fingerprint density at radius 3 is 2.56 bits per heavy atom. The summed E-state index contributed by atoms with van der Waals surface area (Å²) < 4.78 is 49.0. The molecule has 1 aromatic carbocycles. The topological polar surface area (TPSA) is 89.4 Å². The van der Waals surface area contributed by atoms with E-state index in [4.69, 9.17) is 9.15 Å². The van der Waals surface area contributed by atoms with Gasteiger partial charge >= 0.3 is 17.8 Å². The number of alkyl halides is 3. The third kappa shape index (κ3) is 2.88. The normalized spacial score (nSPS) is 11.8. The van der Waals surface area contributed by atoms with E-state index in [2.05, 4.69) is 4.98 Å². The molecule has 0 unspecified atom stereocenters. The van der Waals surface area contributed by atoms with Crippen LogP contribution >= 0.6 is 0 Å². The number of esters is 1. The van der Waals surface area contributed by atoms with Crippen LogP contribution in [-0.4, -0.2) is 17.6 Å². The molecule has 6 nitrogen and oxygen atoms in total. The quantitative estimate of drug-likeness (QED) is 0.435. The first kappa shape index (κ1) is 16.7. The third-order valence-electron chi connectivity index (χ3n) is 3.54. The molecule has 130 valence electrons. The average molecular weight is 353 g/mol. The molecule has 0 aliphatic carbocycles. The van der Waals surface area contributed by atoms with Crippen LogP contribution in [0.15, 0.2) is 38.4 Å². The minimum absolute atomic E-state index is 0.0391. The molecule has 0 saturated heterocycles. The summed E-state index contributed by atoms with van der Waals surface area (Å²) in [5.74, 6) is -0.888. The number of fused-ring (bicyclic) bond motifs is 2. The number of carbonyl (C=O) groups excluding carboxylic acids is 1. The van der Waals surface area contributed by atoms with Gasteiger partial charge in [0.15, 0.2) is 0 Å². The zero-order valence-electron chi connectivity index (χ0n) is 12.7. The van der Waals surface area contributed by atoms with E-state index >= 15 is 0 Å². The van der Waals surface area contributed by atoms with Gasteiger partial charge in [0, 0.05) is 29.1 Å². The van der Waals surface area contributed by atoms with Crippen LogP contribution in [0.1, 0.15) is 22.8 Å². The molecule has 0 atom stereocenters. The van der Waals surface area contributed by atoms with Gasteiger partial charge in [0.25, 0.3) is 0 Å². The number of carbonyl (C=O) groups is 1. The van der Waals surface area contributed by atoms with Gasteiger partial charge in [-0.15, -0.1) is 0 Å². The summed E-state index contributed by atoms with van der Waals surface area (Å²) in [7, 11) is 0. The molecule has 0 bridgehead atoms. The van der Waals surface area contributed by atoms with Gasteiger partial charge in [0.1, 0.15) is 11.1 Å². The summed E-state index contributed by atoms with van der Waals surface area (Å²) in [6.45, 7) is 1.59. The highest BCUT2D eigenvalue weighted by atomic mass is 19.4. The van der Waals surface area contributed by atoms with Crippen LogP contribution in [0, 0.1) is 0 Å². The summed E-state index contributed by atoms with van der Waals surface area (Å²) >= 11 is 0. The van der Waals surface area contributed by atoms with Gasteiger partial charge in [-0.25, -0.2) is 9.59 Å². The Hall–Kier alpha value is -3.10. The second-order valence-electron chi connectivity index (χ2n) is 5.12. The predicted octanol–water partition coefficient (Wildman–Crippen LogP) is 2.83. The van der Waals surface area contributed by atoms with Crippen LogP contribution in [0.4, 0.5) is 13.2 Å². The first-order valence-electron chi connectivity index (χ1n) is 7.10. The van der Waals surface area contributed by atoms with Gasteiger partial charge in [-0.05, 0) is 13.0 Å². The fourth-order valence-electron chi connectivity index (χ4n) is 2.47. The molecule has 0 spiro atoms. The molecular weight excluding hydrogens is 343 g/mol. The molecule has 3 rings (SSSR count). The van der Waals surface area contributed by atoms with Crippen LogP contribution < -0.4 is 11.1 Å². The van der Waals surface area contributed by atoms with Crippen molar-refractivity contribution in [3.05, 3.63) is 56.2 Å². The number of H-pyrrole nitrogens is 1. The second kappa shape index (κ2) is 5.76. The maximum absolute atomic E-state index is 13.2. The Kier molecular flexibility index (Phi) is 3.86. The number of rotatable bonds is 2. The summed E-state index contributed by atoms with van der Waals surface area (Å²) in [6.07, 6.45) is -3.71. The summed E-state index contributed by atoms with van der Waals surface area (Å²) in [5, 5.41) is -0.608. The molecule has 1 N–H and O–H groups in total. The molecule has 0 amide bonds. The minimum Gasteiger partial charge on any atom is -0.462 e. The third-order valence-corrected chi connectivity index (χ3v) is 3.54. The average Bonchev–Trinajstić information content (AvgIpc) is 2.52. The lowest BCUT2D eigenvalue weighted by atomic mass is 10.1. The molecule has 3 aromatic rings. The lowest BCUT2D eigenvalue weighted by Gasteiger charge is -2.10. The van der Waals surface area contributed by atoms with E-state index in [-0.39, 0.29) is 28.7 Å². The molecule has 2 aromatic heterocycles. The maximum atomic E-state index is 13.2. The molecule has 0 aliphatic rings. The van der Waals surface area contributed by atoms with Crippen LogP contribution in [0.25, 0.3) is 21.9 Å². The number of nitrogens with one attached hydrogen (secondary N) is 1. The Labute approximate surface area is 136 Å². The number of aromatic nitrogens is 1. The van der Waals surface area contributed by atoms with E-state index < -0.39 is 34.1 Å². The minimum atomic E-state index is -4.81. The van der Waals surface area contributed by atoms with E-state index in [1.165, 1.54) is 0 Å². The Bertz CT molecular complexity index is 1110. The smallest absolute Gasteiger partial charge is 0.417 e. The van der Waals surface area contributed by atoms with Crippen molar-refractivity contribution in [2.24, 2.45) is 0 Å². The number of halogens is 3. The van der Waals surface area contributed by atoms with Crippen molar-refractivity contribution in [1.29, 1.82) is 0 Å². The van der Waals surface area contributed by atoms with Gasteiger partial charge in [-0.1, -0.05) is 0 Å². The Morgan fingerprint density at radius 1 is 1.20 bits per heavy atom. The van der Waals surface area contributed by atoms with Gasteiger partial charge in [-0.3, -0.25) is 4.79 Å². The van der Waals surface area contributed by atoms with Crippen LogP contribution in [0.3, 0.4) is 0 Å². The van der Waals surface area contributed by atoms with E-state index in [0.29, 0.717) is 6.07 Å². The fraction of sp³-hybridized carbons (Fsp3) is 0.188. The van der Waals surface area contributed by atoms with E-state index in [1.54, 1.807) is 6.92 Å². The van der Waals surface area contributed by atoms with Crippen LogP contribution in [-0.2, 0) is 10.9 Å². The lowest BCUT2D eigenvalue weighted by molar-refractivity contribution is -0.136. The number of benzene rings is 1. The predicted molar refractivity (Wildman–Crippen MR) is 81.6 cm³/mol. The van der Waals surface area contributed by atoms with Crippen molar-refractivity contribution < 1.29 is 27.1 Å². The molecule has 9 heteroatoms. The first-order chi connectivity index (χ1) is 11.7. The standard InChI is InChI=1S/C16H10F3NO5/c1-2-24-15(23)9-6-20-11-5-12-7(3-8(11)14(9)22)10(16(17,18)19)4-13(21)25-12/h3-6H,2H2,1H3,(H,20,22). The van der Waals surface area contributed by atoms with Gasteiger partial charge in [-0.2, -0.15) is 13.2 Å². The van der Waals surface area contributed by atoms with E-state index in [0.717, 1.165) is 18.3 Å². The van der Waals surface area contributed by atoms with Crippen molar-refractivity contribution >= 4 is 27.8 Å². The zero-order valence-corrected chi connectivity index (χ0v) is 12.7. The fourth-order valence-corrected chi connectivity index (χ4v) is 2.47. The molecule has 25 heavy (non-hydrogen) atoms. The van der Waals surface area contributed by atoms with Crippen molar-refractivity contribution in [3.8, 4) is 0 Å². The number of pyridine rings is 1. The second-order valence-corrected chi connectivity index (χ2v) is 5.12. The molecule has 0 aliphatic heterocycles. The van der Waals surface area contributed by atoms with Gasteiger partial charge in [0.05, 0.1) is 17.7 Å². The highest BCUT2D eigenvalue weighted by Crippen LogP contribution is 2.34. The monoisotopic (exact) mass is 353 g/mol. The highest BCUT2D eigenvalue weighted by Gasteiger charge is 2.34. The van der Waals surface area contributed by atoms with Crippen LogP contribution in [0.2, 0.25) is 0 Å².